The fraction of sp³-hybridized carbons (Fsp3) is 0.562. The Labute approximate surface area is 261 Å². The molecule has 5 atom stereocenters. The van der Waals surface area contributed by atoms with Gasteiger partial charge in [0.05, 0.1) is 35.1 Å². The molecule has 5 N–H and O–H groups in total. The van der Waals surface area contributed by atoms with Crippen LogP contribution in [-0.2, 0) is 26.0 Å². The van der Waals surface area contributed by atoms with Crippen LogP contribution in [0.4, 0.5) is 0 Å². The lowest BCUT2D eigenvalue weighted by molar-refractivity contribution is -0.137. The van der Waals surface area contributed by atoms with Gasteiger partial charge in [0.1, 0.15) is 12.1 Å². The van der Waals surface area contributed by atoms with Crippen LogP contribution in [-0.4, -0.2) is 77.1 Å². The number of benzene rings is 1. The van der Waals surface area contributed by atoms with Gasteiger partial charge in [-0.15, -0.1) is 0 Å². The molecule has 44 heavy (non-hydrogen) atoms. The Kier molecular flexibility index (Phi) is 14.9. The van der Waals surface area contributed by atoms with Crippen molar-refractivity contribution in [3.8, 4) is 0 Å². The Bertz CT molecular complexity index is 1290. The molecule has 244 valence electrons. The van der Waals surface area contributed by atoms with E-state index < -0.39 is 63.5 Å². The Morgan fingerprint density at radius 1 is 0.909 bits per heavy atom. The highest BCUT2D eigenvalue weighted by atomic mass is 32.2. The SMILES string of the molecule is CCCCS(=O)(=O)CC(NC(=O)c1cccnc1)C(=O)N[C@@H](CC(C)C)[C@@H](O)[C@H](O)[C@H](C(=O)NCc1ccccc1)C(C)C. The van der Waals surface area contributed by atoms with E-state index in [4.69, 9.17) is 0 Å². The van der Waals surface area contributed by atoms with Crippen molar-refractivity contribution < 1.29 is 33.0 Å². The molecule has 12 heteroatoms. The van der Waals surface area contributed by atoms with Crippen LogP contribution in [0.25, 0.3) is 0 Å². The van der Waals surface area contributed by atoms with Crippen molar-refractivity contribution in [2.45, 2.75) is 84.7 Å². The Hall–Kier alpha value is -3.35. The van der Waals surface area contributed by atoms with E-state index in [-0.39, 0.29) is 36.1 Å². The number of pyridine rings is 1. The largest absolute Gasteiger partial charge is 0.390 e. The van der Waals surface area contributed by atoms with Crippen molar-refractivity contribution >= 4 is 27.6 Å². The van der Waals surface area contributed by atoms with Crippen molar-refractivity contribution in [1.82, 2.24) is 20.9 Å². The number of amides is 3. The lowest BCUT2D eigenvalue weighted by atomic mass is 9.83. The molecular weight excluding hydrogens is 584 g/mol. The van der Waals surface area contributed by atoms with E-state index in [1.807, 2.05) is 51.1 Å². The van der Waals surface area contributed by atoms with Crippen molar-refractivity contribution in [2.75, 3.05) is 11.5 Å². The standard InChI is InChI=1S/C32H48N4O7S/c1-6-7-16-44(42,43)20-26(36-30(39)24-14-11-15-33-19-24)31(40)35-25(17-21(2)3)28(37)29(38)27(22(4)5)32(41)34-18-23-12-9-8-10-13-23/h8-15,19,21-22,25-29,37-38H,6-7,16-18,20H2,1-5H3,(H,34,41)(H,35,40)(H,36,39)/t25-,26?,27+,28+,29+/m0/s1. The molecule has 0 fully saturated rings. The molecule has 0 aliphatic heterocycles. The van der Waals surface area contributed by atoms with E-state index >= 15 is 0 Å². The predicted octanol–water partition coefficient (Wildman–Crippen LogP) is 2.24. The number of unbranched alkanes of at least 4 members (excludes halogenated alkanes) is 1. The molecule has 3 amide bonds. The maximum Gasteiger partial charge on any atom is 0.253 e. The molecule has 0 aliphatic carbocycles. The van der Waals surface area contributed by atoms with E-state index in [0.717, 1.165) is 5.56 Å². The second kappa shape index (κ2) is 17.8. The van der Waals surface area contributed by atoms with Crippen molar-refractivity contribution in [1.29, 1.82) is 0 Å². The summed E-state index contributed by atoms with van der Waals surface area (Å²) in [7, 11) is -3.73. The lowest BCUT2D eigenvalue weighted by Crippen LogP contribution is -2.58. The first kappa shape index (κ1) is 36.8. The van der Waals surface area contributed by atoms with E-state index in [0.29, 0.717) is 12.8 Å². The van der Waals surface area contributed by atoms with Crippen LogP contribution < -0.4 is 16.0 Å². The van der Waals surface area contributed by atoms with Gasteiger partial charge in [-0.3, -0.25) is 19.4 Å². The normalized spacial score (nSPS) is 15.2. The van der Waals surface area contributed by atoms with E-state index in [1.54, 1.807) is 19.9 Å². The molecule has 0 radical (unpaired) electrons. The second-order valence-corrected chi connectivity index (χ2v) is 14.2. The predicted molar refractivity (Wildman–Crippen MR) is 169 cm³/mol. The van der Waals surface area contributed by atoms with Gasteiger partial charge in [-0.2, -0.15) is 0 Å². The number of aromatic nitrogens is 1. The summed E-state index contributed by atoms with van der Waals surface area (Å²) < 4.78 is 25.7. The number of carbonyl (C=O) groups is 3. The Morgan fingerprint density at radius 3 is 2.16 bits per heavy atom. The molecule has 0 aliphatic rings. The Balaban J connectivity index is 2.28. The number of nitrogens with one attached hydrogen (secondary N) is 3. The number of sulfone groups is 1. The third-order valence-corrected chi connectivity index (χ3v) is 9.04. The lowest BCUT2D eigenvalue weighted by Gasteiger charge is -2.35. The average molecular weight is 633 g/mol. The number of aliphatic hydroxyl groups excluding tert-OH is 2. The summed E-state index contributed by atoms with van der Waals surface area (Å²) in [4.78, 5) is 43.6. The van der Waals surface area contributed by atoms with E-state index in [1.165, 1.54) is 18.5 Å². The van der Waals surface area contributed by atoms with E-state index in [2.05, 4.69) is 20.9 Å². The molecule has 0 saturated heterocycles. The molecular formula is C32H48N4O7S. The van der Waals surface area contributed by atoms with Crippen LogP contribution in [0.15, 0.2) is 54.9 Å². The zero-order valence-corrected chi connectivity index (χ0v) is 27.1. The van der Waals surface area contributed by atoms with Gasteiger partial charge in [0.25, 0.3) is 5.91 Å². The number of hydrogen-bond donors (Lipinski definition) is 5. The molecule has 2 aromatic rings. The molecule has 1 aromatic heterocycles. The fourth-order valence-electron chi connectivity index (χ4n) is 4.90. The Morgan fingerprint density at radius 2 is 1.59 bits per heavy atom. The maximum absolute atomic E-state index is 13.6. The van der Waals surface area contributed by atoms with Gasteiger partial charge in [0.2, 0.25) is 11.8 Å². The zero-order valence-electron chi connectivity index (χ0n) is 26.3. The van der Waals surface area contributed by atoms with Crippen LogP contribution in [0.3, 0.4) is 0 Å². The molecule has 1 aromatic carbocycles. The third-order valence-electron chi connectivity index (χ3n) is 7.29. The van der Waals surface area contributed by atoms with Gasteiger partial charge in [-0.05, 0) is 42.4 Å². The monoisotopic (exact) mass is 632 g/mol. The number of nitrogens with zero attached hydrogens (tertiary/aromatic N) is 1. The summed E-state index contributed by atoms with van der Waals surface area (Å²) in [5.74, 6) is -4.17. The minimum absolute atomic E-state index is 0.0525. The van der Waals surface area contributed by atoms with Crippen LogP contribution in [0.5, 0.6) is 0 Å². The minimum atomic E-state index is -3.73. The van der Waals surface area contributed by atoms with Crippen LogP contribution >= 0.6 is 0 Å². The molecule has 0 spiro atoms. The second-order valence-electron chi connectivity index (χ2n) is 11.9. The van der Waals surface area contributed by atoms with Gasteiger partial charge in [-0.25, -0.2) is 8.42 Å². The summed E-state index contributed by atoms with van der Waals surface area (Å²) in [6.07, 6.45) is 0.907. The van der Waals surface area contributed by atoms with Gasteiger partial charge >= 0.3 is 0 Å². The molecule has 2 rings (SSSR count). The first-order chi connectivity index (χ1) is 20.8. The molecule has 1 unspecified atom stereocenters. The molecule has 0 saturated carbocycles. The first-order valence-corrected chi connectivity index (χ1v) is 17.0. The summed E-state index contributed by atoms with van der Waals surface area (Å²) in [6, 6.07) is 9.78. The van der Waals surface area contributed by atoms with Crippen molar-refractivity contribution in [3.63, 3.8) is 0 Å². The summed E-state index contributed by atoms with van der Waals surface area (Å²) >= 11 is 0. The quantitative estimate of drug-likeness (QED) is 0.166. The smallest absolute Gasteiger partial charge is 0.253 e. The van der Waals surface area contributed by atoms with Crippen LogP contribution in [0, 0.1) is 17.8 Å². The number of carbonyl (C=O) groups excluding carboxylic acids is 3. The first-order valence-electron chi connectivity index (χ1n) is 15.1. The fourth-order valence-corrected chi connectivity index (χ4v) is 6.54. The maximum atomic E-state index is 13.6. The van der Waals surface area contributed by atoms with E-state index in [9.17, 15) is 33.0 Å². The highest BCUT2D eigenvalue weighted by Gasteiger charge is 2.39. The van der Waals surface area contributed by atoms with Gasteiger partial charge in [-0.1, -0.05) is 71.4 Å². The number of hydrogen-bond acceptors (Lipinski definition) is 8. The average Bonchev–Trinajstić information content (AvgIpc) is 2.98. The van der Waals surface area contributed by atoms with Crippen molar-refractivity contribution in [3.05, 3.63) is 66.0 Å². The molecule has 11 nitrogen and oxygen atoms in total. The highest BCUT2D eigenvalue weighted by molar-refractivity contribution is 7.91. The van der Waals surface area contributed by atoms with Crippen LogP contribution in [0.2, 0.25) is 0 Å². The zero-order chi connectivity index (χ0) is 32.9. The summed E-state index contributed by atoms with van der Waals surface area (Å²) in [5, 5.41) is 30.7. The van der Waals surface area contributed by atoms with Gasteiger partial charge in [0.15, 0.2) is 9.84 Å². The number of rotatable bonds is 18. The van der Waals surface area contributed by atoms with Gasteiger partial charge in [0, 0.05) is 18.9 Å². The summed E-state index contributed by atoms with van der Waals surface area (Å²) in [5.41, 5.74) is 1.02. The van der Waals surface area contributed by atoms with Crippen molar-refractivity contribution in [2.24, 2.45) is 17.8 Å². The molecule has 0 bridgehead atoms. The van der Waals surface area contributed by atoms with Crippen LogP contribution in [0.1, 0.15) is 69.8 Å². The molecule has 1 heterocycles. The minimum Gasteiger partial charge on any atom is -0.390 e. The number of aliphatic hydroxyl groups is 2. The summed E-state index contributed by atoms with van der Waals surface area (Å²) in [6.45, 7) is 9.32. The highest BCUT2D eigenvalue weighted by Crippen LogP contribution is 2.23. The third kappa shape index (κ3) is 12.0. The topological polar surface area (TPSA) is 175 Å². The van der Waals surface area contributed by atoms with Gasteiger partial charge < -0.3 is 26.2 Å².